The number of pyridine rings is 3. The topological polar surface area (TPSA) is 177 Å². The Morgan fingerprint density at radius 1 is 0.826 bits per heavy atom. The lowest BCUT2D eigenvalue weighted by atomic mass is 9.91. The van der Waals surface area contributed by atoms with Gasteiger partial charge in [-0.3, -0.25) is 34.3 Å². The Morgan fingerprint density at radius 3 is 2.42 bits per heavy atom. The highest BCUT2D eigenvalue weighted by Gasteiger charge is 2.40. The number of thiophene rings is 1. The summed E-state index contributed by atoms with van der Waals surface area (Å²) < 4.78 is 5.69. The number of amides is 4. The molecule has 4 aromatic heterocycles. The molecule has 69 heavy (non-hydrogen) atoms. The molecule has 5 aliphatic heterocycles. The molecule has 16 nitrogen and oxygen atoms in total. The summed E-state index contributed by atoms with van der Waals surface area (Å²) in [6.45, 7) is 9.52. The number of piperidine rings is 2. The summed E-state index contributed by atoms with van der Waals surface area (Å²) in [7, 11) is 1.58. The van der Waals surface area contributed by atoms with Crippen LogP contribution in [0, 0.1) is 0 Å². The number of fused-ring (bicyclic) bond motifs is 4. The summed E-state index contributed by atoms with van der Waals surface area (Å²) in [5.74, 6) is 0.648. The minimum atomic E-state index is -0.903. The molecule has 3 N–H and O–H groups in total. The first-order valence-electron chi connectivity index (χ1n) is 24.5. The van der Waals surface area contributed by atoms with E-state index in [9.17, 15) is 24.3 Å². The molecule has 0 unspecified atom stereocenters. The second kappa shape index (κ2) is 18.5. The number of carbonyl (C=O) groups excluding carboxylic acids is 4. The maximum Gasteiger partial charge on any atom is 0.269 e. The lowest BCUT2D eigenvalue weighted by molar-refractivity contribution is -0.136. The van der Waals surface area contributed by atoms with Crippen LogP contribution in [0.4, 0.5) is 28.7 Å². The van der Waals surface area contributed by atoms with Crippen LogP contribution in [0.3, 0.4) is 0 Å². The maximum atomic E-state index is 14.1. The molecule has 17 heteroatoms. The fourth-order valence-corrected chi connectivity index (χ4v) is 13.0. The predicted molar refractivity (Wildman–Crippen MR) is 265 cm³/mol. The van der Waals surface area contributed by atoms with Gasteiger partial charge in [0, 0.05) is 104 Å². The number of hydrogen-bond acceptors (Lipinski definition) is 14. The zero-order valence-corrected chi connectivity index (χ0v) is 40.2. The van der Waals surface area contributed by atoms with Crippen molar-refractivity contribution < 1.29 is 29.0 Å². The van der Waals surface area contributed by atoms with Crippen LogP contribution in [0.5, 0.6) is 5.88 Å². The van der Waals surface area contributed by atoms with E-state index in [2.05, 4.69) is 49.4 Å². The summed E-state index contributed by atoms with van der Waals surface area (Å²) in [5.41, 5.74) is 9.00. The number of aryl methyl sites for hydroxylation is 1. The number of aliphatic hydroxyl groups is 1. The van der Waals surface area contributed by atoms with Crippen molar-refractivity contribution in [2.75, 3.05) is 66.4 Å². The Labute approximate surface area is 405 Å². The van der Waals surface area contributed by atoms with Gasteiger partial charge in [0.2, 0.25) is 17.7 Å². The standard InChI is InChI=1S/C52H58N10O6S/c1-30-28-59(34-15-19-58(20-16-34)35-8-10-38-33(24-35)29-62(51(38)66)42-11-13-45(64)57-49(42)65)22-23-60(30)36-9-12-44(54-27-36)56-41-25-32(26-55-50(41)68-3)37-14-18-53-48(46(37)31(2)63)61-21-17-40-39-6-4-5-7-43(39)69-47(40)52(61)67/h8-10,12,14,18,24-27,30-31,34,42,63H,4-7,11,13,15-17,19-23,28-29H2,1-3H3,(H,54,56)(H,57,64,65)/t30-,31+,42-/m0/s1. The van der Waals surface area contributed by atoms with Gasteiger partial charge in [-0.15, -0.1) is 11.3 Å². The number of rotatable bonds is 10. The van der Waals surface area contributed by atoms with Crippen LogP contribution in [-0.2, 0) is 35.4 Å². The molecule has 1 aromatic carbocycles. The van der Waals surface area contributed by atoms with Crippen molar-refractivity contribution in [3.8, 4) is 17.0 Å². The Kier molecular flexibility index (Phi) is 12.1. The molecule has 4 amide bonds. The van der Waals surface area contributed by atoms with E-state index in [-0.39, 0.29) is 36.1 Å². The first-order chi connectivity index (χ1) is 33.5. The quantitative estimate of drug-likeness (QED) is 0.131. The van der Waals surface area contributed by atoms with Gasteiger partial charge in [0.25, 0.3) is 11.8 Å². The highest BCUT2D eigenvalue weighted by atomic mass is 32.1. The number of benzene rings is 1. The van der Waals surface area contributed by atoms with Gasteiger partial charge in [0.15, 0.2) is 0 Å². The third-order valence-corrected chi connectivity index (χ3v) is 16.5. The molecule has 3 saturated heterocycles. The number of nitrogens with one attached hydrogen (secondary N) is 2. The number of methoxy groups -OCH3 is 1. The van der Waals surface area contributed by atoms with E-state index in [0.717, 1.165) is 97.8 Å². The van der Waals surface area contributed by atoms with E-state index < -0.39 is 12.1 Å². The number of ether oxygens (including phenoxy) is 1. The van der Waals surface area contributed by atoms with Crippen LogP contribution in [0.2, 0.25) is 0 Å². The number of imide groups is 1. The Bertz CT molecular complexity index is 2840. The first kappa shape index (κ1) is 45.0. The van der Waals surface area contributed by atoms with Crippen molar-refractivity contribution in [3.05, 3.63) is 98.6 Å². The summed E-state index contributed by atoms with van der Waals surface area (Å²) in [6, 6.07) is 14.1. The summed E-state index contributed by atoms with van der Waals surface area (Å²) >= 11 is 1.64. The van der Waals surface area contributed by atoms with Crippen molar-refractivity contribution in [2.24, 2.45) is 0 Å². The molecule has 0 spiro atoms. The van der Waals surface area contributed by atoms with E-state index in [1.54, 1.807) is 47.6 Å². The van der Waals surface area contributed by atoms with Gasteiger partial charge in [0.05, 0.1) is 30.0 Å². The van der Waals surface area contributed by atoms with E-state index >= 15 is 0 Å². The van der Waals surface area contributed by atoms with Crippen LogP contribution in [-0.4, -0.2) is 118 Å². The van der Waals surface area contributed by atoms with Gasteiger partial charge in [-0.1, -0.05) is 0 Å². The molecule has 6 aliphatic rings. The first-order valence-corrected chi connectivity index (χ1v) is 25.3. The summed E-state index contributed by atoms with van der Waals surface area (Å²) in [6.07, 6.45) is 12.3. The van der Waals surface area contributed by atoms with Gasteiger partial charge in [-0.2, -0.15) is 0 Å². The van der Waals surface area contributed by atoms with E-state index in [1.165, 1.54) is 28.8 Å². The fourth-order valence-electron chi connectivity index (χ4n) is 11.6. The lowest BCUT2D eigenvalue weighted by Gasteiger charge is -2.46. The average Bonchev–Trinajstić information content (AvgIpc) is 3.91. The molecule has 0 radical (unpaired) electrons. The van der Waals surface area contributed by atoms with Crippen molar-refractivity contribution >= 4 is 63.7 Å². The maximum absolute atomic E-state index is 14.1. The molecular formula is C52H58N10O6S. The van der Waals surface area contributed by atoms with E-state index in [0.29, 0.717) is 59.9 Å². The van der Waals surface area contributed by atoms with Gasteiger partial charge in [-0.05, 0) is 130 Å². The molecule has 0 bridgehead atoms. The second-order valence-electron chi connectivity index (χ2n) is 19.3. The lowest BCUT2D eigenvalue weighted by Crippen LogP contribution is -2.57. The molecule has 358 valence electrons. The predicted octanol–water partition coefficient (Wildman–Crippen LogP) is 6.43. The highest BCUT2D eigenvalue weighted by molar-refractivity contribution is 7.14. The van der Waals surface area contributed by atoms with Crippen LogP contribution in [0.15, 0.2) is 61.1 Å². The summed E-state index contributed by atoms with van der Waals surface area (Å²) in [5, 5.41) is 17.1. The molecule has 3 atom stereocenters. The molecule has 1 aliphatic carbocycles. The van der Waals surface area contributed by atoms with Crippen LogP contribution >= 0.6 is 11.3 Å². The summed E-state index contributed by atoms with van der Waals surface area (Å²) in [4.78, 5) is 78.8. The monoisotopic (exact) mass is 950 g/mol. The molecule has 3 fully saturated rings. The fraction of sp³-hybridized carbons (Fsp3) is 0.442. The molecule has 5 aromatic rings. The Hall–Kier alpha value is -6.43. The minimum absolute atomic E-state index is 0.0434. The second-order valence-corrected chi connectivity index (χ2v) is 20.4. The van der Waals surface area contributed by atoms with Crippen LogP contribution < -0.4 is 30.1 Å². The largest absolute Gasteiger partial charge is 0.480 e. The minimum Gasteiger partial charge on any atom is -0.480 e. The van der Waals surface area contributed by atoms with Gasteiger partial charge < -0.3 is 29.9 Å². The average molecular weight is 951 g/mol. The third-order valence-electron chi connectivity index (χ3n) is 15.2. The molecule has 9 heterocycles. The van der Waals surface area contributed by atoms with Gasteiger partial charge in [0.1, 0.15) is 23.4 Å². The number of hydrogen-bond donors (Lipinski definition) is 3. The van der Waals surface area contributed by atoms with Gasteiger partial charge >= 0.3 is 0 Å². The van der Waals surface area contributed by atoms with E-state index in [4.69, 9.17) is 14.7 Å². The number of aliphatic hydroxyl groups excluding tert-OH is 1. The highest BCUT2D eigenvalue weighted by Crippen LogP contribution is 2.42. The number of nitrogens with zero attached hydrogens (tertiary/aromatic N) is 8. The zero-order chi connectivity index (χ0) is 47.5. The number of anilines is 5. The molecule has 11 rings (SSSR count). The number of piperazine rings is 1. The normalized spacial score (nSPS) is 21.5. The third kappa shape index (κ3) is 8.37. The van der Waals surface area contributed by atoms with Crippen molar-refractivity contribution in [1.82, 2.24) is 30.1 Å². The van der Waals surface area contributed by atoms with Crippen molar-refractivity contribution in [3.63, 3.8) is 0 Å². The Morgan fingerprint density at radius 2 is 1.65 bits per heavy atom. The number of carbonyl (C=O) groups is 4. The Balaban J connectivity index is 0.721. The van der Waals surface area contributed by atoms with Crippen LogP contribution in [0.25, 0.3) is 11.1 Å². The van der Waals surface area contributed by atoms with Gasteiger partial charge in [-0.25, -0.2) is 15.0 Å². The molecule has 0 saturated carbocycles. The zero-order valence-electron chi connectivity index (χ0n) is 39.4. The van der Waals surface area contributed by atoms with E-state index in [1.807, 2.05) is 36.5 Å². The smallest absolute Gasteiger partial charge is 0.269 e. The molecular weight excluding hydrogens is 893 g/mol. The van der Waals surface area contributed by atoms with Crippen molar-refractivity contribution in [2.45, 2.75) is 102 Å². The SMILES string of the molecule is COc1ncc(-c2ccnc(N3CCc4c(sc5c4CCCC5)C3=O)c2[C@@H](C)O)cc1Nc1ccc(N2CCN(C3CCN(c4ccc5c(c4)CN([C@H]4CCC(=O)NC4=O)C5=O)CC3)C[C@@H]2C)cn1. The van der Waals surface area contributed by atoms with Crippen molar-refractivity contribution in [1.29, 1.82) is 0 Å². The van der Waals surface area contributed by atoms with Crippen LogP contribution in [0.1, 0.15) is 106 Å². The number of aromatic nitrogens is 3.